The third kappa shape index (κ3) is 6.29. The van der Waals surface area contributed by atoms with Gasteiger partial charge in [-0.1, -0.05) is 35.3 Å². The minimum Gasteiger partial charge on any atom is -0.497 e. The van der Waals surface area contributed by atoms with Crippen molar-refractivity contribution in [3.8, 4) is 5.75 Å². The first kappa shape index (κ1) is 19.1. The molecule has 1 amide bonds. The standard InChI is InChI=1S/C18H17Cl2NO4/c1-24-14-6-2-12(3-7-14)4-9-18(23)25-11-17(22)21-16-10-13(19)5-8-15(16)20/h2-3,5-8,10H,4,9,11H2,1H3,(H,21,22). The van der Waals surface area contributed by atoms with Crippen molar-refractivity contribution < 1.29 is 19.1 Å². The van der Waals surface area contributed by atoms with Crippen LogP contribution in [0.4, 0.5) is 5.69 Å². The molecule has 0 heterocycles. The number of rotatable bonds is 7. The highest BCUT2D eigenvalue weighted by Crippen LogP contribution is 2.25. The van der Waals surface area contributed by atoms with Crippen LogP contribution in [0.2, 0.25) is 10.0 Å². The van der Waals surface area contributed by atoms with Crippen molar-refractivity contribution in [2.24, 2.45) is 0 Å². The van der Waals surface area contributed by atoms with Crippen LogP contribution >= 0.6 is 23.2 Å². The summed E-state index contributed by atoms with van der Waals surface area (Å²) in [6.45, 7) is -0.385. The molecule has 0 spiro atoms. The number of anilines is 1. The maximum absolute atomic E-state index is 11.8. The van der Waals surface area contributed by atoms with Gasteiger partial charge in [-0.05, 0) is 42.3 Å². The van der Waals surface area contributed by atoms with Gasteiger partial charge in [0.15, 0.2) is 6.61 Å². The predicted octanol–water partition coefficient (Wildman–Crippen LogP) is 4.12. The lowest BCUT2D eigenvalue weighted by Crippen LogP contribution is -2.21. The summed E-state index contributed by atoms with van der Waals surface area (Å²) in [6.07, 6.45) is 0.697. The van der Waals surface area contributed by atoms with E-state index in [0.29, 0.717) is 22.2 Å². The van der Waals surface area contributed by atoms with Crippen LogP contribution in [0.1, 0.15) is 12.0 Å². The number of halogens is 2. The number of methoxy groups -OCH3 is 1. The summed E-state index contributed by atoms with van der Waals surface area (Å²) in [7, 11) is 1.59. The molecule has 0 aliphatic heterocycles. The van der Waals surface area contributed by atoms with E-state index in [9.17, 15) is 9.59 Å². The highest BCUT2D eigenvalue weighted by Gasteiger charge is 2.10. The van der Waals surface area contributed by atoms with Crippen LogP contribution < -0.4 is 10.1 Å². The number of carbonyl (C=O) groups excluding carboxylic acids is 2. The molecule has 5 nitrogen and oxygen atoms in total. The predicted molar refractivity (Wildman–Crippen MR) is 97.4 cm³/mol. The number of aryl methyl sites for hydroxylation is 1. The molecule has 7 heteroatoms. The molecule has 1 N–H and O–H groups in total. The van der Waals surface area contributed by atoms with E-state index in [4.69, 9.17) is 32.7 Å². The Kier molecular flexibility index (Phi) is 7.10. The fourth-order valence-electron chi connectivity index (χ4n) is 2.04. The Morgan fingerprint density at radius 2 is 1.80 bits per heavy atom. The zero-order valence-electron chi connectivity index (χ0n) is 13.6. The monoisotopic (exact) mass is 381 g/mol. The normalized spacial score (nSPS) is 10.2. The van der Waals surface area contributed by atoms with Gasteiger partial charge in [-0.15, -0.1) is 0 Å². The van der Waals surface area contributed by atoms with Crippen LogP contribution in [0.5, 0.6) is 5.75 Å². The van der Waals surface area contributed by atoms with E-state index >= 15 is 0 Å². The lowest BCUT2D eigenvalue weighted by molar-refractivity contribution is -0.147. The Balaban J connectivity index is 1.75. The molecule has 0 saturated heterocycles. The Bertz CT molecular complexity index is 747. The number of amides is 1. The fourth-order valence-corrected chi connectivity index (χ4v) is 2.37. The molecule has 0 aliphatic rings. The van der Waals surface area contributed by atoms with Gasteiger partial charge in [0, 0.05) is 11.4 Å². The molecule has 2 rings (SSSR count). The molecule has 0 unspecified atom stereocenters. The molecule has 0 aromatic heterocycles. The minimum absolute atomic E-state index is 0.178. The molecular weight excluding hydrogens is 365 g/mol. The van der Waals surface area contributed by atoms with Crippen molar-refractivity contribution in [2.45, 2.75) is 12.8 Å². The fraction of sp³-hybridized carbons (Fsp3) is 0.222. The SMILES string of the molecule is COc1ccc(CCC(=O)OCC(=O)Nc2cc(Cl)ccc2Cl)cc1. The summed E-state index contributed by atoms with van der Waals surface area (Å²) in [4.78, 5) is 23.6. The number of nitrogens with one attached hydrogen (secondary N) is 1. The first-order valence-electron chi connectivity index (χ1n) is 7.51. The van der Waals surface area contributed by atoms with E-state index in [1.54, 1.807) is 19.2 Å². The summed E-state index contributed by atoms with van der Waals surface area (Å²) in [5, 5.41) is 3.34. The van der Waals surface area contributed by atoms with Gasteiger partial charge in [0.25, 0.3) is 5.91 Å². The number of ether oxygens (including phenoxy) is 2. The summed E-state index contributed by atoms with van der Waals surface area (Å²) in [6, 6.07) is 12.1. The largest absolute Gasteiger partial charge is 0.497 e. The molecule has 132 valence electrons. The van der Waals surface area contributed by atoms with Crippen molar-refractivity contribution in [3.63, 3.8) is 0 Å². The average molecular weight is 382 g/mol. The van der Waals surface area contributed by atoms with E-state index in [1.807, 2.05) is 24.3 Å². The van der Waals surface area contributed by atoms with Crippen LogP contribution in [-0.2, 0) is 20.7 Å². The Morgan fingerprint density at radius 1 is 1.08 bits per heavy atom. The van der Waals surface area contributed by atoms with Gasteiger partial charge in [0.1, 0.15) is 5.75 Å². The number of esters is 1. The van der Waals surface area contributed by atoms with Gasteiger partial charge in [-0.3, -0.25) is 9.59 Å². The number of hydrogen-bond donors (Lipinski definition) is 1. The van der Waals surface area contributed by atoms with E-state index in [2.05, 4.69) is 5.32 Å². The molecule has 0 radical (unpaired) electrons. The van der Waals surface area contributed by atoms with E-state index in [0.717, 1.165) is 11.3 Å². The second kappa shape index (κ2) is 9.30. The summed E-state index contributed by atoms with van der Waals surface area (Å²) < 4.78 is 10.0. The molecule has 0 aliphatic carbocycles. The average Bonchev–Trinajstić information content (AvgIpc) is 2.61. The lowest BCUT2D eigenvalue weighted by Gasteiger charge is -2.08. The summed E-state index contributed by atoms with van der Waals surface area (Å²) in [5.74, 6) is -0.187. The highest BCUT2D eigenvalue weighted by molar-refractivity contribution is 6.35. The second-order valence-electron chi connectivity index (χ2n) is 5.18. The Morgan fingerprint density at radius 3 is 2.48 bits per heavy atom. The van der Waals surface area contributed by atoms with Gasteiger partial charge >= 0.3 is 5.97 Å². The number of benzene rings is 2. The van der Waals surface area contributed by atoms with Crippen LogP contribution in [0.3, 0.4) is 0 Å². The highest BCUT2D eigenvalue weighted by atomic mass is 35.5. The van der Waals surface area contributed by atoms with Gasteiger partial charge in [0.05, 0.1) is 17.8 Å². The maximum atomic E-state index is 11.8. The zero-order chi connectivity index (χ0) is 18.2. The van der Waals surface area contributed by atoms with Gasteiger partial charge in [0.2, 0.25) is 0 Å². The molecule has 25 heavy (non-hydrogen) atoms. The quantitative estimate of drug-likeness (QED) is 0.732. The lowest BCUT2D eigenvalue weighted by atomic mass is 10.1. The van der Waals surface area contributed by atoms with E-state index in [-0.39, 0.29) is 13.0 Å². The van der Waals surface area contributed by atoms with Gasteiger partial charge < -0.3 is 14.8 Å². The number of hydrogen-bond acceptors (Lipinski definition) is 4. The minimum atomic E-state index is -0.484. The van der Waals surface area contributed by atoms with Crippen molar-refractivity contribution in [1.82, 2.24) is 0 Å². The Hall–Kier alpha value is -2.24. The summed E-state index contributed by atoms with van der Waals surface area (Å²) in [5.41, 5.74) is 1.35. The molecule has 0 atom stereocenters. The molecule has 0 fully saturated rings. The van der Waals surface area contributed by atoms with Crippen molar-refractivity contribution in [1.29, 1.82) is 0 Å². The first-order chi connectivity index (χ1) is 12.0. The van der Waals surface area contributed by atoms with Gasteiger partial charge in [-0.2, -0.15) is 0 Å². The topological polar surface area (TPSA) is 64.6 Å². The molecule has 2 aromatic rings. The van der Waals surface area contributed by atoms with Crippen molar-refractivity contribution in [2.75, 3.05) is 19.0 Å². The molecular formula is C18H17Cl2NO4. The summed E-state index contributed by atoms with van der Waals surface area (Å²) >= 11 is 11.8. The Labute approximate surface area is 155 Å². The van der Waals surface area contributed by atoms with Crippen molar-refractivity contribution >= 4 is 40.8 Å². The van der Waals surface area contributed by atoms with E-state index < -0.39 is 11.9 Å². The van der Waals surface area contributed by atoms with Crippen LogP contribution in [0, 0.1) is 0 Å². The second-order valence-corrected chi connectivity index (χ2v) is 6.02. The van der Waals surface area contributed by atoms with Crippen molar-refractivity contribution in [3.05, 3.63) is 58.1 Å². The van der Waals surface area contributed by atoms with Crippen LogP contribution in [0.25, 0.3) is 0 Å². The van der Waals surface area contributed by atoms with Crippen LogP contribution in [-0.4, -0.2) is 25.6 Å². The zero-order valence-corrected chi connectivity index (χ0v) is 15.1. The first-order valence-corrected chi connectivity index (χ1v) is 8.27. The smallest absolute Gasteiger partial charge is 0.306 e. The molecule has 0 bridgehead atoms. The van der Waals surface area contributed by atoms with Gasteiger partial charge in [-0.25, -0.2) is 0 Å². The molecule has 2 aromatic carbocycles. The molecule has 0 saturated carbocycles. The van der Waals surface area contributed by atoms with Crippen LogP contribution in [0.15, 0.2) is 42.5 Å². The van der Waals surface area contributed by atoms with E-state index in [1.165, 1.54) is 6.07 Å². The third-order valence-electron chi connectivity index (χ3n) is 3.34. The maximum Gasteiger partial charge on any atom is 0.306 e. The number of carbonyl (C=O) groups is 2. The third-order valence-corrected chi connectivity index (χ3v) is 3.91.